The van der Waals surface area contributed by atoms with Crippen molar-refractivity contribution in [3.8, 4) is 5.75 Å². The zero-order chi connectivity index (χ0) is 20.4. The summed E-state index contributed by atoms with van der Waals surface area (Å²) in [5, 5.41) is 10.8. The standard InChI is InChI=1S/C25H37NO2/c1-13(2)21-20(27)12-15-6-7-16-17(23(15)22(21)14(3)4)10-11-25(5)18(16)8-9-19(25)24(26)28/h12-14,16-19,27H,6-11H2,1-5H3,(H2,26,28)/t16-,17+,18+,19-,25+/m1/s1. The van der Waals surface area contributed by atoms with Gasteiger partial charge in [0.25, 0.3) is 0 Å². The van der Waals surface area contributed by atoms with Crippen LogP contribution in [0.2, 0.25) is 0 Å². The second-order valence-electron chi connectivity index (χ2n) is 10.6. The van der Waals surface area contributed by atoms with Crippen LogP contribution in [0.3, 0.4) is 0 Å². The third kappa shape index (κ3) is 2.72. The highest BCUT2D eigenvalue weighted by Crippen LogP contribution is 2.63. The van der Waals surface area contributed by atoms with Crippen LogP contribution >= 0.6 is 0 Å². The molecule has 0 aliphatic heterocycles. The van der Waals surface area contributed by atoms with E-state index in [0.29, 0.717) is 35.3 Å². The Bertz CT molecular complexity index is 796. The van der Waals surface area contributed by atoms with Crippen molar-refractivity contribution >= 4 is 5.91 Å². The van der Waals surface area contributed by atoms with Crippen LogP contribution in [-0.2, 0) is 11.2 Å². The second kappa shape index (κ2) is 6.78. The molecular formula is C25H37NO2. The molecule has 0 bridgehead atoms. The van der Waals surface area contributed by atoms with Gasteiger partial charge in [-0.3, -0.25) is 4.79 Å². The Morgan fingerprint density at radius 3 is 2.39 bits per heavy atom. The molecule has 5 atom stereocenters. The predicted molar refractivity (Wildman–Crippen MR) is 114 cm³/mol. The number of phenols is 1. The quantitative estimate of drug-likeness (QED) is 0.714. The fraction of sp³-hybridized carbons (Fsp3) is 0.720. The lowest BCUT2D eigenvalue weighted by atomic mass is 9.53. The topological polar surface area (TPSA) is 63.3 Å². The Morgan fingerprint density at radius 1 is 1.11 bits per heavy atom. The first kappa shape index (κ1) is 19.8. The first-order valence-corrected chi connectivity index (χ1v) is 11.3. The summed E-state index contributed by atoms with van der Waals surface area (Å²) < 4.78 is 0. The maximum atomic E-state index is 12.1. The molecule has 0 saturated heterocycles. The summed E-state index contributed by atoms with van der Waals surface area (Å²) in [6.07, 6.45) is 6.60. The summed E-state index contributed by atoms with van der Waals surface area (Å²) in [5.41, 5.74) is 11.4. The van der Waals surface area contributed by atoms with Gasteiger partial charge in [-0.15, -0.1) is 0 Å². The van der Waals surface area contributed by atoms with E-state index in [2.05, 4.69) is 40.7 Å². The van der Waals surface area contributed by atoms with Gasteiger partial charge < -0.3 is 10.8 Å². The third-order valence-corrected chi connectivity index (χ3v) is 8.57. The summed E-state index contributed by atoms with van der Waals surface area (Å²) in [7, 11) is 0. The maximum absolute atomic E-state index is 12.1. The van der Waals surface area contributed by atoms with E-state index in [4.69, 9.17) is 5.73 Å². The van der Waals surface area contributed by atoms with E-state index in [1.807, 2.05) is 0 Å². The Kier molecular flexibility index (Phi) is 4.79. The van der Waals surface area contributed by atoms with E-state index >= 15 is 0 Å². The largest absolute Gasteiger partial charge is 0.508 e. The minimum atomic E-state index is -0.0884. The van der Waals surface area contributed by atoms with E-state index in [1.54, 1.807) is 5.56 Å². The van der Waals surface area contributed by atoms with Crippen LogP contribution in [-0.4, -0.2) is 11.0 Å². The molecule has 154 valence electrons. The summed E-state index contributed by atoms with van der Waals surface area (Å²) in [4.78, 5) is 12.1. The molecule has 0 spiro atoms. The molecule has 3 aliphatic rings. The highest BCUT2D eigenvalue weighted by molar-refractivity contribution is 5.78. The molecule has 3 heteroatoms. The summed E-state index contributed by atoms with van der Waals surface area (Å²) >= 11 is 0. The van der Waals surface area contributed by atoms with E-state index in [-0.39, 0.29) is 17.2 Å². The minimum Gasteiger partial charge on any atom is -0.508 e. The molecule has 3 aliphatic carbocycles. The van der Waals surface area contributed by atoms with Crippen molar-refractivity contribution in [2.45, 2.75) is 90.9 Å². The molecule has 3 nitrogen and oxygen atoms in total. The lowest BCUT2D eigenvalue weighted by molar-refractivity contribution is -0.126. The molecule has 2 fully saturated rings. The predicted octanol–water partition coefficient (Wildman–Crippen LogP) is 5.60. The number of aromatic hydroxyl groups is 1. The molecule has 2 saturated carbocycles. The van der Waals surface area contributed by atoms with Gasteiger partial charge in [-0.05, 0) is 96.3 Å². The number of hydrogen-bond donors (Lipinski definition) is 2. The molecule has 0 heterocycles. The number of primary amides is 1. The number of nitrogens with two attached hydrogens (primary N) is 1. The number of carbonyl (C=O) groups excluding carboxylic acids is 1. The maximum Gasteiger partial charge on any atom is 0.221 e. The number of benzene rings is 1. The average molecular weight is 384 g/mol. The number of aryl methyl sites for hydroxylation is 1. The fourth-order valence-corrected chi connectivity index (χ4v) is 7.49. The van der Waals surface area contributed by atoms with Crippen LogP contribution in [0.4, 0.5) is 0 Å². The van der Waals surface area contributed by atoms with Crippen LogP contribution in [0.15, 0.2) is 6.07 Å². The smallest absolute Gasteiger partial charge is 0.221 e. The van der Waals surface area contributed by atoms with Gasteiger partial charge in [0, 0.05) is 11.5 Å². The summed E-state index contributed by atoms with van der Waals surface area (Å²) in [6, 6.07) is 2.07. The van der Waals surface area contributed by atoms with Gasteiger partial charge in [-0.25, -0.2) is 0 Å². The molecule has 1 amide bonds. The van der Waals surface area contributed by atoms with Crippen LogP contribution in [0.1, 0.15) is 107 Å². The molecule has 0 aromatic heterocycles. The van der Waals surface area contributed by atoms with E-state index in [9.17, 15) is 9.90 Å². The van der Waals surface area contributed by atoms with Gasteiger partial charge in [-0.2, -0.15) is 0 Å². The molecular weight excluding hydrogens is 346 g/mol. The second-order valence-corrected chi connectivity index (χ2v) is 10.6. The molecule has 1 aromatic carbocycles. The van der Waals surface area contributed by atoms with Crippen molar-refractivity contribution in [2.24, 2.45) is 28.9 Å². The van der Waals surface area contributed by atoms with Gasteiger partial charge in [0.1, 0.15) is 5.75 Å². The average Bonchev–Trinajstić information content (AvgIpc) is 2.97. The molecule has 3 N–H and O–H groups in total. The Labute approximate surface area is 170 Å². The monoisotopic (exact) mass is 383 g/mol. The summed E-state index contributed by atoms with van der Waals surface area (Å²) in [5.74, 6) is 3.01. The van der Waals surface area contributed by atoms with Crippen molar-refractivity contribution in [3.05, 3.63) is 28.3 Å². The fourth-order valence-electron chi connectivity index (χ4n) is 7.49. The highest BCUT2D eigenvalue weighted by Gasteiger charge is 2.56. The van der Waals surface area contributed by atoms with Gasteiger partial charge in [0.2, 0.25) is 5.91 Å². The zero-order valence-electron chi connectivity index (χ0n) is 18.2. The van der Waals surface area contributed by atoms with Crippen molar-refractivity contribution < 1.29 is 9.90 Å². The Morgan fingerprint density at radius 2 is 1.79 bits per heavy atom. The lowest BCUT2D eigenvalue weighted by Gasteiger charge is -2.51. The number of amides is 1. The highest BCUT2D eigenvalue weighted by atomic mass is 16.3. The van der Waals surface area contributed by atoms with Crippen molar-refractivity contribution in [2.75, 3.05) is 0 Å². The lowest BCUT2D eigenvalue weighted by Crippen LogP contribution is -2.45. The van der Waals surface area contributed by atoms with Gasteiger partial charge in [0.15, 0.2) is 0 Å². The third-order valence-electron chi connectivity index (χ3n) is 8.57. The van der Waals surface area contributed by atoms with Gasteiger partial charge >= 0.3 is 0 Å². The number of fused-ring (bicyclic) bond motifs is 5. The molecule has 28 heavy (non-hydrogen) atoms. The molecule has 4 rings (SSSR count). The van der Waals surface area contributed by atoms with Crippen molar-refractivity contribution in [1.82, 2.24) is 0 Å². The van der Waals surface area contributed by atoms with Crippen LogP contribution in [0, 0.1) is 23.2 Å². The number of rotatable bonds is 3. The SMILES string of the molecule is CC(C)c1c(O)cc2c(c1C(C)C)[C@H]1CC[C@]3(C)[C@@H](C(N)=O)CC[C@H]3[C@@H]1CC2. The number of carbonyl (C=O) groups is 1. The van der Waals surface area contributed by atoms with Gasteiger partial charge in [-0.1, -0.05) is 34.6 Å². The van der Waals surface area contributed by atoms with Crippen molar-refractivity contribution in [1.29, 1.82) is 0 Å². The zero-order valence-corrected chi connectivity index (χ0v) is 18.2. The van der Waals surface area contributed by atoms with E-state index in [0.717, 1.165) is 37.7 Å². The first-order valence-electron chi connectivity index (χ1n) is 11.3. The number of hydrogen-bond acceptors (Lipinski definition) is 2. The molecule has 0 unspecified atom stereocenters. The molecule has 1 aromatic rings. The first-order chi connectivity index (χ1) is 13.2. The van der Waals surface area contributed by atoms with Crippen LogP contribution < -0.4 is 5.73 Å². The number of phenolic OH excluding ortho intramolecular Hbond substituents is 1. The normalized spacial score (nSPS) is 34.2. The van der Waals surface area contributed by atoms with Crippen LogP contribution in [0.5, 0.6) is 5.75 Å². The van der Waals surface area contributed by atoms with Crippen LogP contribution in [0.25, 0.3) is 0 Å². The van der Waals surface area contributed by atoms with Gasteiger partial charge in [0.05, 0.1) is 0 Å². The summed E-state index contributed by atoms with van der Waals surface area (Å²) in [6.45, 7) is 11.3. The Balaban J connectivity index is 1.81. The van der Waals surface area contributed by atoms with E-state index in [1.165, 1.54) is 17.5 Å². The van der Waals surface area contributed by atoms with Crippen molar-refractivity contribution in [3.63, 3.8) is 0 Å². The molecule has 0 radical (unpaired) electrons. The minimum absolute atomic E-state index is 0.0514. The Hall–Kier alpha value is -1.51. The van der Waals surface area contributed by atoms with E-state index < -0.39 is 0 Å².